The Morgan fingerprint density at radius 1 is 0.938 bits per heavy atom. The Morgan fingerprint density at radius 2 is 1.50 bits per heavy atom. The lowest BCUT2D eigenvalue weighted by molar-refractivity contribution is -0.384. The molecule has 1 aromatic heterocycles. The zero-order valence-corrected chi connectivity index (χ0v) is 19.4. The van der Waals surface area contributed by atoms with E-state index in [0.717, 1.165) is 45.0 Å². The summed E-state index contributed by atoms with van der Waals surface area (Å²) in [4.78, 5) is 24.5. The molecule has 0 atom stereocenters. The Bertz CT molecular complexity index is 1380. The Morgan fingerprint density at radius 3 is 2.03 bits per heavy atom. The third-order valence-corrected chi connectivity index (χ3v) is 6.26. The molecule has 5 heteroatoms. The van der Waals surface area contributed by atoms with Crippen LogP contribution in [0.1, 0.15) is 60.3 Å². The first-order chi connectivity index (χ1) is 15.0. The van der Waals surface area contributed by atoms with Gasteiger partial charge in [-0.3, -0.25) is 14.9 Å². The van der Waals surface area contributed by atoms with Crippen LogP contribution in [-0.4, -0.2) is 15.3 Å². The predicted molar refractivity (Wildman–Crippen MR) is 130 cm³/mol. The van der Waals surface area contributed by atoms with E-state index < -0.39 is 0 Å². The molecule has 0 aliphatic carbocycles. The van der Waals surface area contributed by atoms with Crippen molar-refractivity contribution in [3.63, 3.8) is 0 Å². The van der Waals surface area contributed by atoms with Gasteiger partial charge in [0.05, 0.1) is 4.92 Å². The first-order valence-electron chi connectivity index (χ1n) is 10.9. The number of nitro groups is 1. The molecular weight excluding hydrogens is 400 g/mol. The van der Waals surface area contributed by atoms with Crippen molar-refractivity contribution in [1.29, 1.82) is 0 Å². The second-order valence-corrected chi connectivity index (χ2v) is 9.50. The highest BCUT2D eigenvalue weighted by Gasteiger charge is 2.21. The lowest BCUT2D eigenvalue weighted by Crippen LogP contribution is -2.14. The minimum Gasteiger partial charge on any atom is -0.341 e. The number of benzene rings is 3. The fourth-order valence-electron chi connectivity index (χ4n) is 4.59. The SMILES string of the molecule is CCn1c2ccc(C(=O)c3c(C)cc(C(C)(C)C)cc3C)cc2c2cc([N+](=O)[O-])ccc21. The molecule has 3 aromatic carbocycles. The minimum atomic E-state index is -0.382. The molecule has 5 nitrogen and oxygen atoms in total. The molecule has 0 saturated heterocycles. The summed E-state index contributed by atoms with van der Waals surface area (Å²) in [5.74, 6) is -0.0230. The summed E-state index contributed by atoms with van der Waals surface area (Å²) in [6.45, 7) is 13.2. The highest BCUT2D eigenvalue weighted by Crippen LogP contribution is 2.34. The summed E-state index contributed by atoms with van der Waals surface area (Å²) >= 11 is 0. The lowest BCUT2D eigenvalue weighted by Gasteiger charge is -2.22. The fourth-order valence-corrected chi connectivity index (χ4v) is 4.59. The number of aryl methyl sites for hydroxylation is 3. The first kappa shape index (κ1) is 21.8. The number of nitrogens with zero attached hydrogens (tertiary/aromatic N) is 2. The summed E-state index contributed by atoms with van der Waals surface area (Å²) in [6, 6.07) is 14.8. The molecule has 0 saturated carbocycles. The maximum atomic E-state index is 13.6. The Labute approximate surface area is 187 Å². The van der Waals surface area contributed by atoms with Gasteiger partial charge in [-0.05, 0) is 67.1 Å². The number of aromatic nitrogens is 1. The fraction of sp³-hybridized carbons (Fsp3) is 0.296. The summed E-state index contributed by atoms with van der Waals surface area (Å²) in [5.41, 5.74) is 6.41. The van der Waals surface area contributed by atoms with Gasteiger partial charge in [0.2, 0.25) is 0 Å². The van der Waals surface area contributed by atoms with Crippen LogP contribution in [0.25, 0.3) is 21.8 Å². The largest absolute Gasteiger partial charge is 0.341 e. The smallest absolute Gasteiger partial charge is 0.270 e. The van der Waals surface area contributed by atoms with Crippen LogP contribution in [0.5, 0.6) is 0 Å². The van der Waals surface area contributed by atoms with E-state index in [1.54, 1.807) is 12.1 Å². The van der Waals surface area contributed by atoms with E-state index in [4.69, 9.17) is 0 Å². The molecule has 32 heavy (non-hydrogen) atoms. The van der Waals surface area contributed by atoms with E-state index in [1.807, 2.05) is 39.0 Å². The molecule has 0 spiro atoms. The van der Waals surface area contributed by atoms with E-state index in [1.165, 1.54) is 11.6 Å². The molecule has 4 rings (SSSR count). The first-order valence-corrected chi connectivity index (χ1v) is 10.9. The lowest BCUT2D eigenvalue weighted by atomic mass is 9.82. The highest BCUT2D eigenvalue weighted by atomic mass is 16.6. The number of hydrogen-bond donors (Lipinski definition) is 0. The van der Waals surface area contributed by atoms with Crippen LogP contribution in [0.15, 0.2) is 48.5 Å². The van der Waals surface area contributed by atoms with Crippen LogP contribution in [0.3, 0.4) is 0 Å². The van der Waals surface area contributed by atoms with Crippen LogP contribution in [-0.2, 0) is 12.0 Å². The van der Waals surface area contributed by atoms with Crippen LogP contribution < -0.4 is 0 Å². The van der Waals surface area contributed by atoms with Crippen molar-refractivity contribution in [2.45, 2.75) is 53.5 Å². The maximum Gasteiger partial charge on any atom is 0.270 e. The number of rotatable bonds is 4. The molecule has 0 aliphatic heterocycles. The van der Waals surface area contributed by atoms with Gasteiger partial charge in [-0.15, -0.1) is 0 Å². The van der Waals surface area contributed by atoms with E-state index in [9.17, 15) is 14.9 Å². The van der Waals surface area contributed by atoms with Crippen molar-refractivity contribution in [3.8, 4) is 0 Å². The molecule has 0 bridgehead atoms. The van der Waals surface area contributed by atoms with Gasteiger partial charge in [0, 0.05) is 51.6 Å². The molecule has 0 fully saturated rings. The van der Waals surface area contributed by atoms with Crippen molar-refractivity contribution in [3.05, 3.63) is 86.5 Å². The molecule has 164 valence electrons. The van der Waals surface area contributed by atoms with Crippen LogP contribution in [0.4, 0.5) is 5.69 Å². The molecule has 1 heterocycles. The zero-order chi connectivity index (χ0) is 23.4. The van der Waals surface area contributed by atoms with E-state index >= 15 is 0 Å². The van der Waals surface area contributed by atoms with Gasteiger partial charge in [-0.1, -0.05) is 32.9 Å². The molecule has 0 aliphatic rings. The van der Waals surface area contributed by atoms with Crippen LogP contribution in [0, 0.1) is 24.0 Å². The molecule has 0 N–H and O–H groups in total. The van der Waals surface area contributed by atoms with Gasteiger partial charge in [-0.25, -0.2) is 0 Å². The second-order valence-electron chi connectivity index (χ2n) is 9.50. The van der Waals surface area contributed by atoms with E-state index in [0.29, 0.717) is 5.56 Å². The number of nitro benzene ring substituents is 1. The van der Waals surface area contributed by atoms with Crippen LogP contribution in [0.2, 0.25) is 0 Å². The average Bonchev–Trinajstić information content (AvgIpc) is 3.04. The van der Waals surface area contributed by atoms with Crippen molar-refractivity contribution >= 4 is 33.3 Å². The Hall–Kier alpha value is -3.47. The topological polar surface area (TPSA) is 65.1 Å². The Kier molecular flexibility index (Phi) is 5.16. The number of carbonyl (C=O) groups is 1. The van der Waals surface area contributed by atoms with E-state index in [2.05, 4.69) is 37.5 Å². The van der Waals surface area contributed by atoms with E-state index in [-0.39, 0.29) is 21.8 Å². The third-order valence-electron chi connectivity index (χ3n) is 6.26. The Balaban J connectivity index is 1.91. The van der Waals surface area contributed by atoms with Gasteiger partial charge < -0.3 is 4.57 Å². The molecule has 0 unspecified atom stereocenters. The van der Waals surface area contributed by atoms with Crippen molar-refractivity contribution < 1.29 is 9.72 Å². The van der Waals surface area contributed by atoms with Gasteiger partial charge >= 0.3 is 0 Å². The summed E-state index contributed by atoms with van der Waals surface area (Å²) < 4.78 is 2.12. The van der Waals surface area contributed by atoms with Crippen molar-refractivity contribution in [1.82, 2.24) is 4.57 Å². The van der Waals surface area contributed by atoms with Gasteiger partial charge in [0.25, 0.3) is 5.69 Å². The monoisotopic (exact) mass is 428 g/mol. The van der Waals surface area contributed by atoms with Gasteiger partial charge in [0.15, 0.2) is 5.78 Å². The van der Waals surface area contributed by atoms with Crippen molar-refractivity contribution in [2.75, 3.05) is 0 Å². The number of carbonyl (C=O) groups excluding carboxylic acids is 1. The average molecular weight is 429 g/mol. The number of fused-ring (bicyclic) bond motifs is 3. The number of non-ortho nitro benzene ring substituents is 1. The molecule has 4 aromatic rings. The minimum absolute atomic E-state index is 0.00665. The summed E-state index contributed by atoms with van der Waals surface area (Å²) in [6.07, 6.45) is 0. The molecule has 0 amide bonds. The molecular formula is C27H28N2O3. The maximum absolute atomic E-state index is 13.6. The van der Waals surface area contributed by atoms with Gasteiger partial charge in [0.1, 0.15) is 0 Å². The standard InChI is InChI=1S/C27H28N2O3/c1-7-28-23-10-8-18(14-21(23)22-15-20(29(31)32)9-11-24(22)28)26(30)25-16(2)12-19(13-17(25)3)27(4,5)6/h8-15H,7H2,1-6H3. The highest BCUT2D eigenvalue weighted by molar-refractivity contribution is 6.15. The van der Waals surface area contributed by atoms with Crippen molar-refractivity contribution in [2.24, 2.45) is 0 Å². The van der Waals surface area contributed by atoms with Crippen LogP contribution >= 0.6 is 0 Å². The van der Waals surface area contributed by atoms with Gasteiger partial charge in [-0.2, -0.15) is 0 Å². The normalized spacial score (nSPS) is 11.9. The second kappa shape index (κ2) is 7.59. The zero-order valence-electron chi connectivity index (χ0n) is 19.4. The number of ketones is 1. The predicted octanol–water partition coefficient (Wildman–Crippen LogP) is 6.87. The third kappa shape index (κ3) is 3.48. The quantitative estimate of drug-likeness (QED) is 0.202. The number of hydrogen-bond acceptors (Lipinski definition) is 3. The summed E-state index contributed by atoms with van der Waals surface area (Å²) in [7, 11) is 0. The summed E-state index contributed by atoms with van der Waals surface area (Å²) in [5, 5.41) is 13.0. The molecule has 0 radical (unpaired) electrons.